The van der Waals surface area contributed by atoms with Crippen molar-refractivity contribution < 1.29 is 37.9 Å². The van der Waals surface area contributed by atoms with E-state index < -0.39 is 32.5 Å². The minimum atomic E-state index is -4.73. The van der Waals surface area contributed by atoms with E-state index in [0.717, 1.165) is 50.4 Å². The zero-order valence-electron chi connectivity index (χ0n) is 26.1. The van der Waals surface area contributed by atoms with Gasteiger partial charge in [0.1, 0.15) is 6.61 Å². The van der Waals surface area contributed by atoms with Crippen LogP contribution >= 0.6 is 7.82 Å². The van der Waals surface area contributed by atoms with Crippen molar-refractivity contribution in [3.8, 4) is 0 Å². The van der Waals surface area contributed by atoms with Crippen LogP contribution in [0.2, 0.25) is 0 Å². The molecule has 1 atom stereocenters. The lowest BCUT2D eigenvalue weighted by atomic mass is 10.0. The summed E-state index contributed by atoms with van der Waals surface area (Å²) in [4.78, 5) is 42.4. The molecule has 8 nitrogen and oxygen atoms in total. The lowest BCUT2D eigenvalue weighted by Crippen LogP contribution is -2.29. The molecule has 238 valence electrons. The fourth-order valence-electron chi connectivity index (χ4n) is 4.56. The number of carbonyl (C=O) groups is 2. The van der Waals surface area contributed by atoms with Crippen LogP contribution in [0.25, 0.3) is 0 Å². The number of carbonyl (C=O) groups excluding carboxylic acids is 2. The first-order valence-electron chi connectivity index (χ1n) is 16.0. The van der Waals surface area contributed by atoms with Crippen molar-refractivity contribution in [1.29, 1.82) is 0 Å². The first-order valence-corrected chi connectivity index (χ1v) is 17.6. The molecule has 0 fully saturated rings. The van der Waals surface area contributed by atoms with E-state index >= 15 is 0 Å². The van der Waals surface area contributed by atoms with Crippen LogP contribution in [-0.4, -0.2) is 41.0 Å². The predicted octanol–water partition coefficient (Wildman–Crippen LogP) is 8.66. The molecule has 0 aliphatic carbocycles. The molecule has 0 rings (SSSR count). The smallest absolute Gasteiger partial charge is 0.462 e. The van der Waals surface area contributed by atoms with Crippen LogP contribution in [-0.2, 0) is 28.2 Å². The average molecular weight is 593 g/mol. The van der Waals surface area contributed by atoms with E-state index in [1.54, 1.807) is 0 Å². The number of hydrogen-bond acceptors (Lipinski definition) is 6. The molecule has 0 aromatic rings. The van der Waals surface area contributed by atoms with Crippen molar-refractivity contribution in [2.45, 2.75) is 162 Å². The molecule has 0 aromatic carbocycles. The third-order valence-electron chi connectivity index (χ3n) is 6.98. The topological polar surface area (TPSA) is 119 Å². The third kappa shape index (κ3) is 30.0. The highest BCUT2D eigenvalue weighted by Crippen LogP contribution is 2.36. The maximum absolute atomic E-state index is 12.3. The van der Waals surface area contributed by atoms with E-state index in [4.69, 9.17) is 19.3 Å². The lowest BCUT2D eigenvalue weighted by molar-refractivity contribution is -0.161. The molecule has 0 unspecified atom stereocenters. The fourth-order valence-corrected chi connectivity index (χ4v) is 4.92. The first-order chi connectivity index (χ1) is 19.0. The van der Waals surface area contributed by atoms with Gasteiger partial charge in [0.05, 0.1) is 6.61 Å². The van der Waals surface area contributed by atoms with E-state index in [1.807, 2.05) is 0 Å². The maximum Gasteiger partial charge on any atom is 0.469 e. The van der Waals surface area contributed by atoms with Gasteiger partial charge in [0.2, 0.25) is 0 Å². The second-order valence-corrected chi connectivity index (χ2v) is 13.3. The van der Waals surface area contributed by atoms with Crippen molar-refractivity contribution >= 4 is 19.8 Å². The van der Waals surface area contributed by atoms with Gasteiger partial charge in [0, 0.05) is 12.8 Å². The molecule has 0 amide bonds. The van der Waals surface area contributed by atoms with Crippen LogP contribution in [0.4, 0.5) is 0 Å². The second kappa shape index (κ2) is 25.7. The summed E-state index contributed by atoms with van der Waals surface area (Å²) >= 11 is 0. The number of phosphoric ester groups is 1. The molecule has 0 radical (unpaired) electrons. The molecule has 40 heavy (non-hydrogen) atoms. The monoisotopic (exact) mass is 592 g/mol. The summed E-state index contributed by atoms with van der Waals surface area (Å²) in [6.45, 7) is 8.21. The van der Waals surface area contributed by atoms with Gasteiger partial charge in [0.25, 0.3) is 0 Å². The van der Waals surface area contributed by atoms with Crippen molar-refractivity contribution in [2.24, 2.45) is 11.8 Å². The molecule has 0 spiro atoms. The van der Waals surface area contributed by atoms with Gasteiger partial charge in [-0.1, -0.05) is 130 Å². The summed E-state index contributed by atoms with van der Waals surface area (Å²) in [5.41, 5.74) is 0. The quantitative estimate of drug-likeness (QED) is 0.0526. The van der Waals surface area contributed by atoms with Gasteiger partial charge < -0.3 is 19.3 Å². The van der Waals surface area contributed by atoms with Crippen molar-refractivity contribution in [3.05, 3.63) is 0 Å². The zero-order chi connectivity index (χ0) is 30.1. The highest BCUT2D eigenvalue weighted by Gasteiger charge is 2.22. The number of esters is 2. The van der Waals surface area contributed by atoms with Crippen LogP contribution in [0.5, 0.6) is 0 Å². The molecule has 9 heteroatoms. The van der Waals surface area contributed by atoms with Gasteiger partial charge in [-0.25, -0.2) is 4.57 Å². The molecule has 0 aliphatic heterocycles. The molecule has 0 saturated heterocycles. The average Bonchev–Trinajstić information content (AvgIpc) is 2.87. The Labute approximate surface area is 244 Å². The minimum Gasteiger partial charge on any atom is -0.462 e. The summed E-state index contributed by atoms with van der Waals surface area (Å²) in [5.74, 6) is 0.661. The van der Waals surface area contributed by atoms with Gasteiger partial charge in [-0.3, -0.25) is 14.1 Å². The highest BCUT2D eigenvalue weighted by atomic mass is 31.2. The van der Waals surface area contributed by atoms with Crippen LogP contribution in [0.1, 0.15) is 156 Å². The Kier molecular flexibility index (Phi) is 25.1. The van der Waals surface area contributed by atoms with E-state index in [1.165, 1.54) is 70.6 Å². The number of rotatable bonds is 28. The van der Waals surface area contributed by atoms with E-state index in [2.05, 4.69) is 32.2 Å². The van der Waals surface area contributed by atoms with Crippen molar-refractivity contribution in [1.82, 2.24) is 0 Å². The van der Waals surface area contributed by atoms with E-state index in [0.29, 0.717) is 6.42 Å². The minimum absolute atomic E-state index is 0.215. The highest BCUT2D eigenvalue weighted by molar-refractivity contribution is 7.46. The Hall–Kier alpha value is -0.950. The number of unbranched alkanes of at least 4 members (excludes halogenated alkanes) is 14. The summed E-state index contributed by atoms with van der Waals surface area (Å²) in [6.07, 6.45) is 20.0. The molecular weight excluding hydrogens is 531 g/mol. The molecule has 2 N–H and O–H groups in total. The van der Waals surface area contributed by atoms with Crippen LogP contribution in [0, 0.1) is 11.8 Å². The van der Waals surface area contributed by atoms with Gasteiger partial charge in [-0.2, -0.15) is 0 Å². The molecule has 0 bridgehead atoms. The van der Waals surface area contributed by atoms with Crippen LogP contribution < -0.4 is 0 Å². The van der Waals surface area contributed by atoms with Crippen molar-refractivity contribution in [3.63, 3.8) is 0 Å². The molecule has 0 heterocycles. The largest absolute Gasteiger partial charge is 0.469 e. The Morgan fingerprint density at radius 1 is 0.575 bits per heavy atom. The van der Waals surface area contributed by atoms with Gasteiger partial charge in [-0.15, -0.1) is 0 Å². The standard InChI is InChI=1S/C31H61O8P/c1-27(2)21-17-13-9-6-5-7-11-16-20-24-31(33)39-29(26-38-40(34,35)36)25-37-30(32)23-19-15-12-8-10-14-18-22-28(3)4/h27-29H,5-26H2,1-4H3,(H2,34,35,36)/t29-/m1/s1. The van der Waals surface area contributed by atoms with E-state index in [9.17, 15) is 14.2 Å². The van der Waals surface area contributed by atoms with Crippen molar-refractivity contribution in [2.75, 3.05) is 13.2 Å². The summed E-state index contributed by atoms with van der Waals surface area (Å²) in [5, 5.41) is 0. The van der Waals surface area contributed by atoms with Crippen LogP contribution in [0.15, 0.2) is 0 Å². The predicted molar refractivity (Wildman–Crippen MR) is 161 cm³/mol. The number of ether oxygens (including phenoxy) is 2. The zero-order valence-corrected chi connectivity index (χ0v) is 27.0. The Balaban J connectivity index is 4.04. The molecule has 0 aliphatic rings. The fraction of sp³-hybridized carbons (Fsp3) is 0.935. The normalized spacial score (nSPS) is 12.7. The first kappa shape index (κ1) is 39.0. The third-order valence-corrected chi connectivity index (χ3v) is 7.47. The van der Waals surface area contributed by atoms with Gasteiger partial charge in [0.15, 0.2) is 6.10 Å². The second-order valence-electron chi connectivity index (χ2n) is 12.1. The molecule has 0 saturated carbocycles. The SMILES string of the molecule is CC(C)CCCCCCCCCCCC(=O)O[C@H](COC(=O)CCCCCCCCCC(C)C)COP(=O)(O)O. The lowest BCUT2D eigenvalue weighted by Gasteiger charge is -2.18. The van der Waals surface area contributed by atoms with Crippen LogP contribution in [0.3, 0.4) is 0 Å². The van der Waals surface area contributed by atoms with Gasteiger partial charge in [-0.05, 0) is 24.7 Å². The Morgan fingerprint density at radius 3 is 1.35 bits per heavy atom. The summed E-state index contributed by atoms with van der Waals surface area (Å²) in [7, 11) is -4.73. The maximum atomic E-state index is 12.3. The number of phosphoric acid groups is 1. The summed E-state index contributed by atoms with van der Waals surface area (Å²) < 4.78 is 26.1. The summed E-state index contributed by atoms with van der Waals surface area (Å²) in [6, 6.07) is 0. The molecular formula is C31H61O8P. The Bertz CT molecular complexity index is 662. The number of hydrogen-bond donors (Lipinski definition) is 2. The molecule has 0 aromatic heterocycles. The van der Waals surface area contributed by atoms with Gasteiger partial charge >= 0.3 is 19.8 Å². The van der Waals surface area contributed by atoms with E-state index in [-0.39, 0.29) is 19.4 Å². The Morgan fingerprint density at radius 2 is 0.950 bits per heavy atom.